The van der Waals surface area contributed by atoms with Crippen molar-refractivity contribution in [1.29, 1.82) is 0 Å². The van der Waals surface area contributed by atoms with E-state index in [1.165, 1.54) is 13.0 Å². The molecule has 0 heterocycles. The maximum Gasteiger partial charge on any atom is 0.224 e. The van der Waals surface area contributed by atoms with Gasteiger partial charge in [0.05, 0.1) is 0 Å². The smallest absolute Gasteiger partial charge is 0.224 e. The number of hydrogen-bond donors (Lipinski definition) is 2. The highest BCUT2D eigenvalue weighted by Crippen LogP contribution is 2.22. The van der Waals surface area contributed by atoms with Crippen molar-refractivity contribution in [3.05, 3.63) is 59.2 Å². The summed E-state index contributed by atoms with van der Waals surface area (Å²) >= 11 is 0. The van der Waals surface area contributed by atoms with Crippen molar-refractivity contribution >= 4 is 17.3 Å². The standard InChI is InChI=1S/C16H16F2N2O/c1-10-6-8-12(17)16(15(10)18)20-14(21)9-7-11-4-2-3-5-13(11)19/h2-6,8H,7,9,19H2,1H3,(H,20,21). The molecule has 0 spiro atoms. The Morgan fingerprint density at radius 2 is 1.90 bits per heavy atom. The Hall–Kier alpha value is -2.43. The SMILES string of the molecule is Cc1ccc(F)c(NC(=O)CCc2ccccc2N)c1F. The van der Waals surface area contributed by atoms with Gasteiger partial charge in [-0.1, -0.05) is 24.3 Å². The number of anilines is 2. The lowest BCUT2D eigenvalue weighted by molar-refractivity contribution is -0.116. The molecule has 2 aromatic rings. The molecule has 110 valence electrons. The van der Waals surface area contributed by atoms with Gasteiger partial charge in [-0.3, -0.25) is 4.79 Å². The van der Waals surface area contributed by atoms with Gasteiger partial charge < -0.3 is 11.1 Å². The number of benzene rings is 2. The average molecular weight is 290 g/mol. The lowest BCUT2D eigenvalue weighted by atomic mass is 10.1. The number of aryl methyl sites for hydroxylation is 2. The predicted molar refractivity (Wildman–Crippen MR) is 78.9 cm³/mol. The van der Waals surface area contributed by atoms with Crippen LogP contribution in [0, 0.1) is 18.6 Å². The number of nitrogens with two attached hydrogens (primary N) is 1. The lowest BCUT2D eigenvalue weighted by Crippen LogP contribution is -2.15. The van der Waals surface area contributed by atoms with E-state index in [4.69, 9.17) is 5.73 Å². The molecule has 2 rings (SSSR count). The van der Waals surface area contributed by atoms with Crippen molar-refractivity contribution in [2.75, 3.05) is 11.1 Å². The molecule has 5 heteroatoms. The van der Waals surface area contributed by atoms with Crippen LogP contribution in [0.25, 0.3) is 0 Å². The van der Waals surface area contributed by atoms with E-state index in [1.54, 1.807) is 12.1 Å². The first-order chi connectivity index (χ1) is 9.99. The van der Waals surface area contributed by atoms with Gasteiger partial charge in [-0.25, -0.2) is 8.78 Å². The second-order valence-corrected chi connectivity index (χ2v) is 4.80. The van der Waals surface area contributed by atoms with Crippen molar-refractivity contribution < 1.29 is 13.6 Å². The molecule has 0 aliphatic heterocycles. The van der Waals surface area contributed by atoms with Gasteiger partial charge in [0.2, 0.25) is 5.91 Å². The Balaban J connectivity index is 2.03. The summed E-state index contributed by atoms with van der Waals surface area (Å²) in [6, 6.07) is 9.64. The Kier molecular flexibility index (Phi) is 4.52. The molecule has 3 N–H and O–H groups in total. The number of nitrogens with one attached hydrogen (secondary N) is 1. The van der Waals surface area contributed by atoms with E-state index in [9.17, 15) is 13.6 Å². The molecule has 0 fully saturated rings. The third-order valence-corrected chi connectivity index (χ3v) is 3.23. The van der Waals surface area contributed by atoms with E-state index in [2.05, 4.69) is 5.32 Å². The number of nitrogen functional groups attached to an aromatic ring is 1. The van der Waals surface area contributed by atoms with Gasteiger partial charge in [0, 0.05) is 12.1 Å². The number of rotatable bonds is 4. The molecule has 0 saturated carbocycles. The fraction of sp³-hybridized carbons (Fsp3) is 0.188. The third-order valence-electron chi connectivity index (χ3n) is 3.23. The molecule has 0 radical (unpaired) electrons. The first-order valence-electron chi connectivity index (χ1n) is 6.57. The molecular formula is C16H16F2N2O. The minimum absolute atomic E-state index is 0.0982. The second kappa shape index (κ2) is 6.35. The summed E-state index contributed by atoms with van der Waals surface area (Å²) in [5, 5.41) is 2.28. The van der Waals surface area contributed by atoms with Crippen LogP contribution in [0.2, 0.25) is 0 Å². The van der Waals surface area contributed by atoms with Gasteiger partial charge in [0.25, 0.3) is 0 Å². The fourth-order valence-corrected chi connectivity index (χ4v) is 1.98. The van der Waals surface area contributed by atoms with E-state index in [0.717, 1.165) is 11.6 Å². The minimum atomic E-state index is -0.786. The Labute approximate surface area is 121 Å². The van der Waals surface area contributed by atoms with E-state index >= 15 is 0 Å². The van der Waals surface area contributed by atoms with Crippen molar-refractivity contribution in [3.63, 3.8) is 0 Å². The zero-order chi connectivity index (χ0) is 15.4. The normalized spacial score (nSPS) is 10.4. The van der Waals surface area contributed by atoms with Gasteiger partial charge in [0.1, 0.15) is 11.5 Å². The van der Waals surface area contributed by atoms with Gasteiger partial charge in [0.15, 0.2) is 5.82 Å². The Bertz CT molecular complexity index is 671. The molecule has 0 unspecified atom stereocenters. The molecule has 0 aliphatic carbocycles. The molecule has 0 aliphatic rings. The molecular weight excluding hydrogens is 274 g/mol. The first kappa shape index (κ1) is 15.0. The van der Waals surface area contributed by atoms with Crippen LogP contribution in [0.15, 0.2) is 36.4 Å². The van der Waals surface area contributed by atoms with E-state index in [1.807, 2.05) is 12.1 Å². The summed E-state index contributed by atoms with van der Waals surface area (Å²) in [6.07, 6.45) is 0.509. The highest BCUT2D eigenvalue weighted by molar-refractivity contribution is 5.91. The molecule has 0 aromatic heterocycles. The average Bonchev–Trinajstić information content (AvgIpc) is 2.47. The van der Waals surface area contributed by atoms with Crippen LogP contribution in [0.1, 0.15) is 17.5 Å². The topological polar surface area (TPSA) is 55.1 Å². The number of hydrogen-bond acceptors (Lipinski definition) is 2. The molecule has 3 nitrogen and oxygen atoms in total. The van der Waals surface area contributed by atoms with E-state index in [0.29, 0.717) is 12.1 Å². The van der Waals surface area contributed by atoms with Crippen LogP contribution >= 0.6 is 0 Å². The molecule has 1 amide bonds. The maximum atomic E-state index is 13.8. The second-order valence-electron chi connectivity index (χ2n) is 4.80. The van der Waals surface area contributed by atoms with Gasteiger partial charge in [-0.05, 0) is 36.6 Å². The molecule has 0 saturated heterocycles. The Morgan fingerprint density at radius 1 is 1.19 bits per heavy atom. The summed E-state index contributed by atoms with van der Waals surface area (Å²) in [6.45, 7) is 1.51. The summed E-state index contributed by atoms with van der Waals surface area (Å²) in [5.41, 5.74) is 7.08. The van der Waals surface area contributed by atoms with Crippen LogP contribution in [-0.2, 0) is 11.2 Å². The van der Waals surface area contributed by atoms with Crippen molar-refractivity contribution in [2.45, 2.75) is 19.8 Å². The largest absolute Gasteiger partial charge is 0.399 e. The van der Waals surface area contributed by atoms with Gasteiger partial charge in [-0.2, -0.15) is 0 Å². The molecule has 2 aromatic carbocycles. The zero-order valence-corrected chi connectivity index (χ0v) is 11.6. The summed E-state index contributed by atoms with van der Waals surface area (Å²) in [7, 11) is 0. The van der Waals surface area contributed by atoms with Gasteiger partial charge >= 0.3 is 0 Å². The van der Waals surface area contributed by atoms with Crippen LogP contribution in [0.3, 0.4) is 0 Å². The number of amides is 1. The first-order valence-corrected chi connectivity index (χ1v) is 6.57. The molecule has 0 atom stereocenters. The van der Waals surface area contributed by atoms with Crippen molar-refractivity contribution in [1.82, 2.24) is 0 Å². The number of carbonyl (C=O) groups excluding carboxylic acids is 1. The quantitative estimate of drug-likeness (QED) is 0.848. The third kappa shape index (κ3) is 3.56. The van der Waals surface area contributed by atoms with Crippen LogP contribution in [-0.4, -0.2) is 5.91 Å². The summed E-state index contributed by atoms with van der Waals surface area (Å²) < 4.78 is 27.3. The summed E-state index contributed by atoms with van der Waals surface area (Å²) in [4.78, 5) is 11.8. The van der Waals surface area contributed by atoms with Crippen LogP contribution in [0.5, 0.6) is 0 Å². The maximum absolute atomic E-state index is 13.8. The van der Waals surface area contributed by atoms with Crippen LogP contribution in [0.4, 0.5) is 20.2 Å². The van der Waals surface area contributed by atoms with E-state index < -0.39 is 23.2 Å². The molecule has 21 heavy (non-hydrogen) atoms. The van der Waals surface area contributed by atoms with E-state index in [-0.39, 0.29) is 12.0 Å². The summed E-state index contributed by atoms with van der Waals surface area (Å²) in [5.74, 6) is -1.99. The van der Waals surface area contributed by atoms with Crippen LogP contribution < -0.4 is 11.1 Å². The highest BCUT2D eigenvalue weighted by Gasteiger charge is 2.14. The minimum Gasteiger partial charge on any atom is -0.399 e. The molecule has 0 bridgehead atoms. The van der Waals surface area contributed by atoms with Gasteiger partial charge in [-0.15, -0.1) is 0 Å². The predicted octanol–water partition coefficient (Wildman–Crippen LogP) is 3.43. The lowest BCUT2D eigenvalue weighted by Gasteiger charge is -2.10. The number of halogens is 2. The fourth-order valence-electron chi connectivity index (χ4n) is 1.98. The number of carbonyl (C=O) groups is 1. The zero-order valence-electron chi connectivity index (χ0n) is 11.6. The highest BCUT2D eigenvalue weighted by atomic mass is 19.1. The van der Waals surface area contributed by atoms with Crippen molar-refractivity contribution in [2.24, 2.45) is 0 Å². The Morgan fingerprint density at radius 3 is 2.62 bits per heavy atom. The van der Waals surface area contributed by atoms with Crippen molar-refractivity contribution in [3.8, 4) is 0 Å². The number of para-hydroxylation sites is 1. The monoisotopic (exact) mass is 290 g/mol.